The van der Waals surface area contributed by atoms with E-state index in [1.807, 2.05) is 12.2 Å². The third-order valence-corrected chi connectivity index (χ3v) is 10.7. The minimum Gasteiger partial charge on any atom is -0.103 e. The summed E-state index contributed by atoms with van der Waals surface area (Å²) in [5.41, 5.74) is 5.88. The lowest BCUT2D eigenvalue weighted by molar-refractivity contribution is 1.19. The summed E-state index contributed by atoms with van der Waals surface area (Å²) >= 11 is 0. The highest BCUT2D eigenvalue weighted by Crippen LogP contribution is 2.15. The molecule has 2 aromatic carbocycles. The van der Waals surface area contributed by atoms with Crippen LogP contribution in [0.2, 0.25) is 25.2 Å². The normalized spacial score (nSPS) is 13.2. The van der Waals surface area contributed by atoms with E-state index in [1.165, 1.54) is 46.4 Å². The summed E-state index contributed by atoms with van der Waals surface area (Å²) in [7, 11) is -1.32. The Morgan fingerprint density at radius 3 is 1.46 bits per heavy atom. The first kappa shape index (κ1) is 20.7. The summed E-state index contributed by atoms with van der Waals surface area (Å²) in [5, 5.41) is 0. The molecule has 0 saturated carbocycles. The van der Waals surface area contributed by atoms with Crippen LogP contribution in [0.3, 0.4) is 0 Å². The first-order valence-electron chi connectivity index (χ1n) is 9.98. The molecule has 0 aliphatic rings. The fraction of sp³-hybridized carbons (Fsp3) is 0.333. The molecule has 0 N–H and O–H groups in total. The van der Waals surface area contributed by atoms with Gasteiger partial charge in [-0.3, -0.25) is 0 Å². The summed E-state index contributed by atoms with van der Waals surface area (Å²) in [6, 6.07) is 23.9. The molecule has 0 nitrogen and oxygen atoms in total. The highest BCUT2D eigenvalue weighted by molar-refractivity contribution is 6.62. The highest BCUT2D eigenvalue weighted by atomic mass is 28.3. The van der Waals surface area contributed by atoms with Gasteiger partial charge in [-0.2, -0.15) is 0 Å². The summed E-state index contributed by atoms with van der Waals surface area (Å²) < 4.78 is 0. The molecule has 0 fully saturated rings. The molecule has 2 rings (SSSR count). The summed E-state index contributed by atoms with van der Waals surface area (Å²) in [5.74, 6) is 0. The Morgan fingerprint density at radius 2 is 1.08 bits per heavy atom. The van der Waals surface area contributed by atoms with Gasteiger partial charge in [-0.1, -0.05) is 97.0 Å². The van der Waals surface area contributed by atoms with Crippen molar-refractivity contribution in [2.45, 2.75) is 50.1 Å². The van der Waals surface area contributed by atoms with Crippen LogP contribution in [0, 0.1) is 0 Å². The van der Waals surface area contributed by atoms with Crippen molar-refractivity contribution in [2.75, 3.05) is 0 Å². The largest absolute Gasteiger partial charge is 0.103 e. The van der Waals surface area contributed by atoms with E-state index in [2.05, 4.69) is 74.8 Å². The molecular formula is C24H34Si2. The zero-order chi connectivity index (χ0) is 18.8. The SMILES string of the molecule is C=CCc1cccc(C[SiH](C)CC[SiH](C)Cc2cccc(CC=C)c2)c1. The zero-order valence-corrected chi connectivity index (χ0v) is 18.9. The topological polar surface area (TPSA) is 0 Å². The first-order chi connectivity index (χ1) is 12.6. The molecule has 0 aromatic heterocycles. The van der Waals surface area contributed by atoms with Crippen LogP contribution in [-0.2, 0) is 24.9 Å². The average molecular weight is 379 g/mol. The van der Waals surface area contributed by atoms with E-state index in [9.17, 15) is 0 Å². The molecule has 0 radical (unpaired) electrons. The molecule has 0 amide bonds. The number of benzene rings is 2. The zero-order valence-electron chi connectivity index (χ0n) is 16.6. The van der Waals surface area contributed by atoms with Gasteiger partial charge in [0.15, 0.2) is 0 Å². The van der Waals surface area contributed by atoms with Crippen LogP contribution in [0.15, 0.2) is 73.8 Å². The van der Waals surface area contributed by atoms with Crippen molar-refractivity contribution in [3.63, 3.8) is 0 Å². The molecule has 0 saturated heterocycles. The molecule has 0 heterocycles. The molecule has 0 spiro atoms. The van der Waals surface area contributed by atoms with Gasteiger partial charge in [0.2, 0.25) is 0 Å². The van der Waals surface area contributed by atoms with Crippen LogP contribution in [-0.4, -0.2) is 17.6 Å². The van der Waals surface area contributed by atoms with Crippen molar-refractivity contribution in [3.05, 3.63) is 96.1 Å². The van der Waals surface area contributed by atoms with Crippen molar-refractivity contribution in [3.8, 4) is 0 Å². The average Bonchev–Trinajstić information content (AvgIpc) is 2.61. The van der Waals surface area contributed by atoms with E-state index in [0.29, 0.717) is 0 Å². The second-order valence-corrected chi connectivity index (χ2v) is 14.2. The first-order valence-corrected chi connectivity index (χ1v) is 15.6. The molecule has 0 aliphatic carbocycles. The van der Waals surface area contributed by atoms with Crippen LogP contribution in [0.5, 0.6) is 0 Å². The molecule has 2 atom stereocenters. The maximum Gasteiger partial charge on any atom is 0.0380 e. The van der Waals surface area contributed by atoms with Crippen molar-refractivity contribution >= 4 is 17.6 Å². The number of rotatable bonds is 11. The molecule has 0 bridgehead atoms. The predicted molar refractivity (Wildman–Crippen MR) is 124 cm³/mol. The number of allylic oxidation sites excluding steroid dienone is 2. The van der Waals surface area contributed by atoms with Gasteiger partial charge in [0.1, 0.15) is 0 Å². The fourth-order valence-electron chi connectivity index (χ4n) is 3.68. The minimum atomic E-state index is -0.659. The number of hydrogen-bond donors (Lipinski definition) is 0. The van der Waals surface area contributed by atoms with Gasteiger partial charge >= 0.3 is 0 Å². The van der Waals surface area contributed by atoms with Crippen molar-refractivity contribution in [2.24, 2.45) is 0 Å². The maximum atomic E-state index is 3.85. The quantitative estimate of drug-likeness (QED) is 0.346. The monoisotopic (exact) mass is 378 g/mol. The standard InChI is InChI=1S/C24H34Si2/c1-5-9-21-11-7-13-23(17-21)19-25(3)15-16-26(4)20-24-14-8-12-22(18-24)10-6-2/h5-8,11-14,17-18,25-26H,1-2,9-10,15-16,19-20H2,3-4H3. The Bertz CT molecular complexity index is 643. The van der Waals surface area contributed by atoms with Gasteiger partial charge in [0.25, 0.3) is 0 Å². The van der Waals surface area contributed by atoms with Gasteiger partial charge in [-0.25, -0.2) is 0 Å². The van der Waals surface area contributed by atoms with Gasteiger partial charge in [-0.05, 0) is 36.1 Å². The van der Waals surface area contributed by atoms with Gasteiger partial charge in [0, 0.05) is 17.6 Å². The van der Waals surface area contributed by atoms with Crippen LogP contribution in [0.1, 0.15) is 22.3 Å². The Labute approximate surface area is 163 Å². The maximum absolute atomic E-state index is 3.85. The molecule has 0 aliphatic heterocycles. The van der Waals surface area contributed by atoms with Crippen LogP contribution < -0.4 is 0 Å². The lowest BCUT2D eigenvalue weighted by atomic mass is 10.1. The van der Waals surface area contributed by atoms with Gasteiger partial charge < -0.3 is 0 Å². The van der Waals surface area contributed by atoms with Crippen LogP contribution >= 0.6 is 0 Å². The predicted octanol–water partition coefficient (Wildman–Crippen LogP) is 5.72. The van der Waals surface area contributed by atoms with Gasteiger partial charge in [0.05, 0.1) is 0 Å². The third-order valence-electron chi connectivity index (χ3n) is 5.06. The van der Waals surface area contributed by atoms with Crippen molar-refractivity contribution in [1.29, 1.82) is 0 Å². The third kappa shape index (κ3) is 7.31. The second kappa shape index (κ2) is 11.1. The van der Waals surface area contributed by atoms with E-state index in [-0.39, 0.29) is 0 Å². The molecular weight excluding hydrogens is 344 g/mol. The van der Waals surface area contributed by atoms with Crippen LogP contribution in [0.4, 0.5) is 0 Å². The van der Waals surface area contributed by atoms with Crippen molar-refractivity contribution < 1.29 is 0 Å². The Hall–Kier alpha value is -1.65. The summed E-state index contributed by atoms with van der Waals surface area (Å²) in [6.07, 6.45) is 5.96. The lowest BCUT2D eigenvalue weighted by Crippen LogP contribution is -2.18. The summed E-state index contributed by atoms with van der Waals surface area (Å²) in [6.45, 7) is 12.8. The van der Waals surface area contributed by atoms with E-state index in [1.54, 1.807) is 0 Å². The van der Waals surface area contributed by atoms with E-state index >= 15 is 0 Å². The van der Waals surface area contributed by atoms with Crippen molar-refractivity contribution in [1.82, 2.24) is 0 Å². The molecule has 138 valence electrons. The van der Waals surface area contributed by atoms with Crippen LogP contribution in [0.25, 0.3) is 0 Å². The smallest absolute Gasteiger partial charge is 0.0380 e. The van der Waals surface area contributed by atoms with E-state index in [4.69, 9.17) is 0 Å². The van der Waals surface area contributed by atoms with E-state index < -0.39 is 17.6 Å². The highest BCUT2D eigenvalue weighted by Gasteiger charge is 2.11. The molecule has 26 heavy (non-hydrogen) atoms. The Balaban J connectivity index is 1.80. The minimum absolute atomic E-state index is 0.659. The number of hydrogen-bond acceptors (Lipinski definition) is 0. The Morgan fingerprint density at radius 1 is 0.692 bits per heavy atom. The second-order valence-electron chi connectivity index (χ2n) is 7.82. The van der Waals surface area contributed by atoms with Gasteiger partial charge in [-0.15, -0.1) is 13.2 Å². The molecule has 2 unspecified atom stereocenters. The van der Waals surface area contributed by atoms with E-state index in [0.717, 1.165) is 12.8 Å². The lowest BCUT2D eigenvalue weighted by Gasteiger charge is -2.15. The Kier molecular flexibility index (Phi) is 8.86. The fourth-order valence-corrected chi connectivity index (χ4v) is 10.8. The summed E-state index contributed by atoms with van der Waals surface area (Å²) in [4.78, 5) is 0. The molecule has 2 aromatic rings. The molecule has 2 heteroatoms.